The average molecular weight is 310 g/mol. The van der Waals surface area contributed by atoms with Crippen LogP contribution in [0.5, 0.6) is 0 Å². The maximum absolute atomic E-state index is 12.4. The Morgan fingerprint density at radius 1 is 1.38 bits per heavy atom. The number of amides is 1. The number of nitrogens with zero attached hydrogens (tertiary/aromatic N) is 3. The maximum Gasteiger partial charge on any atom is 0.240 e. The van der Waals surface area contributed by atoms with Crippen LogP contribution in [0.1, 0.15) is 31.5 Å². The third-order valence-corrected chi connectivity index (χ3v) is 4.76. The summed E-state index contributed by atoms with van der Waals surface area (Å²) in [7, 11) is 0. The molecule has 1 atom stereocenters. The number of carbonyl (C=O) groups is 1. The van der Waals surface area contributed by atoms with Gasteiger partial charge >= 0.3 is 0 Å². The van der Waals surface area contributed by atoms with Gasteiger partial charge in [-0.1, -0.05) is 20.8 Å². The molecule has 1 saturated heterocycles. The highest BCUT2D eigenvalue weighted by Gasteiger charge is 2.32. The van der Waals surface area contributed by atoms with Crippen molar-refractivity contribution in [2.45, 2.75) is 40.3 Å². The summed E-state index contributed by atoms with van der Waals surface area (Å²) in [5, 5.41) is 3.22. The van der Waals surface area contributed by atoms with Gasteiger partial charge in [0, 0.05) is 38.1 Å². The highest BCUT2D eigenvalue weighted by molar-refractivity contribution is 7.09. The van der Waals surface area contributed by atoms with Crippen LogP contribution in [0, 0.1) is 12.3 Å². The van der Waals surface area contributed by atoms with Crippen LogP contribution >= 0.6 is 11.3 Å². The summed E-state index contributed by atoms with van der Waals surface area (Å²) in [4.78, 5) is 21.1. The lowest BCUT2D eigenvalue weighted by Crippen LogP contribution is -2.56. The van der Waals surface area contributed by atoms with Gasteiger partial charge in [0.1, 0.15) is 0 Å². The summed E-state index contributed by atoms with van der Waals surface area (Å²) in [5.41, 5.74) is 7.01. The molecule has 0 radical (unpaired) electrons. The fourth-order valence-corrected chi connectivity index (χ4v) is 3.01. The van der Waals surface area contributed by atoms with Crippen LogP contribution in [0.4, 0.5) is 0 Å². The van der Waals surface area contributed by atoms with E-state index in [1.54, 1.807) is 11.3 Å². The molecule has 0 aliphatic carbocycles. The smallest absolute Gasteiger partial charge is 0.240 e. The Labute approximate surface area is 131 Å². The SMILES string of the molecule is Cc1nc(CN2CCN(C(=O)[C@@H](N)C(C)(C)C)CC2)cs1. The first-order valence-electron chi connectivity index (χ1n) is 7.45. The normalized spacial score (nSPS) is 18.8. The van der Waals surface area contributed by atoms with E-state index in [1.165, 1.54) is 0 Å². The third kappa shape index (κ3) is 4.25. The van der Waals surface area contributed by atoms with Gasteiger partial charge in [-0.2, -0.15) is 0 Å². The Balaban J connectivity index is 1.84. The van der Waals surface area contributed by atoms with Gasteiger partial charge in [0.25, 0.3) is 0 Å². The van der Waals surface area contributed by atoms with E-state index < -0.39 is 6.04 Å². The second-order valence-electron chi connectivity index (χ2n) is 6.80. The molecule has 6 heteroatoms. The molecule has 2 rings (SSSR count). The van der Waals surface area contributed by atoms with E-state index in [0.717, 1.165) is 43.4 Å². The first-order valence-corrected chi connectivity index (χ1v) is 8.33. The number of nitrogens with two attached hydrogens (primary N) is 1. The van der Waals surface area contributed by atoms with E-state index in [1.807, 2.05) is 32.6 Å². The zero-order valence-electron chi connectivity index (χ0n) is 13.4. The average Bonchev–Trinajstić information content (AvgIpc) is 2.82. The number of aryl methyl sites for hydroxylation is 1. The van der Waals surface area contributed by atoms with Crippen molar-refractivity contribution in [3.63, 3.8) is 0 Å². The zero-order chi connectivity index (χ0) is 15.6. The molecule has 0 bridgehead atoms. The number of rotatable bonds is 3. The van der Waals surface area contributed by atoms with Gasteiger partial charge in [-0.25, -0.2) is 4.98 Å². The van der Waals surface area contributed by atoms with Crippen molar-refractivity contribution in [2.24, 2.45) is 11.1 Å². The van der Waals surface area contributed by atoms with Gasteiger partial charge in [-0.3, -0.25) is 9.69 Å². The molecule has 1 aliphatic rings. The molecular formula is C15H26N4OS. The molecule has 0 spiro atoms. The number of hydrogen-bond acceptors (Lipinski definition) is 5. The molecule has 1 aliphatic heterocycles. The van der Waals surface area contributed by atoms with Crippen LogP contribution in [0.3, 0.4) is 0 Å². The zero-order valence-corrected chi connectivity index (χ0v) is 14.2. The van der Waals surface area contributed by atoms with Gasteiger partial charge in [0.15, 0.2) is 0 Å². The second kappa shape index (κ2) is 6.42. The van der Waals surface area contributed by atoms with E-state index >= 15 is 0 Å². The summed E-state index contributed by atoms with van der Waals surface area (Å²) in [6.07, 6.45) is 0. The summed E-state index contributed by atoms with van der Waals surface area (Å²) in [6.45, 7) is 12.2. The summed E-state index contributed by atoms with van der Waals surface area (Å²) in [5.74, 6) is 0.0756. The van der Waals surface area contributed by atoms with Crippen LogP contribution < -0.4 is 5.73 Å². The molecule has 2 N–H and O–H groups in total. The molecule has 1 fully saturated rings. The van der Waals surface area contributed by atoms with E-state index in [2.05, 4.69) is 15.3 Å². The molecule has 0 aromatic carbocycles. The fraction of sp³-hybridized carbons (Fsp3) is 0.733. The van der Waals surface area contributed by atoms with Gasteiger partial charge in [-0.05, 0) is 12.3 Å². The Morgan fingerprint density at radius 3 is 2.48 bits per heavy atom. The van der Waals surface area contributed by atoms with Crippen LogP contribution in [-0.2, 0) is 11.3 Å². The van der Waals surface area contributed by atoms with Gasteiger partial charge in [0.05, 0.1) is 16.7 Å². The summed E-state index contributed by atoms with van der Waals surface area (Å²) >= 11 is 1.69. The predicted molar refractivity (Wildman–Crippen MR) is 86.1 cm³/mol. The molecule has 1 aromatic heterocycles. The standard InChI is InChI=1S/C15H26N4OS/c1-11-17-12(10-21-11)9-18-5-7-19(8-6-18)14(20)13(16)15(2,3)4/h10,13H,5-9,16H2,1-4H3/t13-/m1/s1. The lowest BCUT2D eigenvalue weighted by Gasteiger charge is -2.38. The molecular weight excluding hydrogens is 284 g/mol. The number of hydrogen-bond donors (Lipinski definition) is 1. The minimum absolute atomic E-state index is 0.0756. The molecule has 0 unspecified atom stereocenters. The second-order valence-corrected chi connectivity index (χ2v) is 7.87. The summed E-state index contributed by atoms with van der Waals surface area (Å²) < 4.78 is 0. The first-order chi connectivity index (χ1) is 9.77. The molecule has 5 nitrogen and oxygen atoms in total. The molecule has 2 heterocycles. The van der Waals surface area contributed by atoms with Crippen LogP contribution in [-0.4, -0.2) is 52.9 Å². The van der Waals surface area contributed by atoms with E-state index in [9.17, 15) is 4.79 Å². The Morgan fingerprint density at radius 2 is 2.00 bits per heavy atom. The quantitative estimate of drug-likeness (QED) is 0.918. The van der Waals surface area contributed by atoms with E-state index in [4.69, 9.17) is 5.73 Å². The Bertz CT molecular complexity index is 486. The van der Waals surface area contributed by atoms with Crippen molar-refractivity contribution in [1.82, 2.24) is 14.8 Å². The third-order valence-electron chi connectivity index (χ3n) is 3.94. The minimum atomic E-state index is -0.426. The molecule has 1 amide bonds. The van der Waals surface area contributed by atoms with Crippen molar-refractivity contribution >= 4 is 17.2 Å². The van der Waals surface area contributed by atoms with Gasteiger partial charge in [0.2, 0.25) is 5.91 Å². The molecule has 118 valence electrons. The predicted octanol–water partition coefficient (Wildman–Crippen LogP) is 1.47. The summed E-state index contributed by atoms with van der Waals surface area (Å²) in [6, 6.07) is -0.426. The minimum Gasteiger partial charge on any atom is -0.339 e. The van der Waals surface area contributed by atoms with Crippen molar-refractivity contribution in [2.75, 3.05) is 26.2 Å². The van der Waals surface area contributed by atoms with E-state index in [0.29, 0.717) is 0 Å². The fourth-order valence-electron chi connectivity index (χ4n) is 2.40. The van der Waals surface area contributed by atoms with Crippen LogP contribution in [0.25, 0.3) is 0 Å². The number of aromatic nitrogens is 1. The van der Waals surface area contributed by atoms with Gasteiger partial charge < -0.3 is 10.6 Å². The van der Waals surface area contributed by atoms with Gasteiger partial charge in [-0.15, -0.1) is 11.3 Å². The van der Waals surface area contributed by atoms with Crippen molar-refractivity contribution in [3.05, 3.63) is 16.1 Å². The largest absolute Gasteiger partial charge is 0.339 e. The Hall–Kier alpha value is -0.980. The van der Waals surface area contributed by atoms with Crippen LogP contribution in [0.2, 0.25) is 0 Å². The monoisotopic (exact) mass is 310 g/mol. The maximum atomic E-state index is 12.4. The number of piperazine rings is 1. The van der Waals surface area contributed by atoms with E-state index in [-0.39, 0.29) is 11.3 Å². The highest BCUT2D eigenvalue weighted by Crippen LogP contribution is 2.20. The molecule has 1 aromatic rings. The lowest BCUT2D eigenvalue weighted by atomic mass is 9.86. The lowest BCUT2D eigenvalue weighted by molar-refractivity contribution is -0.136. The number of thiazole rings is 1. The van der Waals surface area contributed by atoms with Crippen molar-refractivity contribution in [3.8, 4) is 0 Å². The highest BCUT2D eigenvalue weighted by atomic mass is 32.1. The molecule has 0 saturated carbocycles. The Kier molecular flexibility index (Phi) is 5.01. The first kappa shape index (κ1) is 16.4. The van der Waals surface area contributed by atoms with Crippen molar-refractivity contribution < 1.29 is 4.79 Å². The van der Waals surface area contributed by atoms with Crippen molar-refractivity contribution in [1.29, 1.82) is 0 Å². The molecule has 21 heavy (non-hydrogen) atoms. The topological polar surface area (TPSA) is 62.5 Å². The number of carbonyl (C=O) groups excluding carboxylic acids is 1. The van der Waals surface area contributed by atoms with Crippen LogP contribution in [0.15, 0.2) is 5.38 Å².